The lowest BCUT2D eigenvalue weighted by Crippen LogP contribution is -2.52. The molecule has 1 N–H and O–H groups in total. The second-order valence-corrected chi connectivity index (χ2v) is 11.7. The SMILES string of the molecule is COc1ccc(C)cc1N(CC(=O)N(Cc1ccccc1Cl)C(C)C(=O)NC(C)C)S(=O)(=O)c1ccccc1. The number of sulfonamides is 1. The average Bonchev–Trinajstić information content (AvgIpc) is 2.90. The van der Waals surface area contributed by atoms with Gasteiger partial charge in [0.25, 0.3) is 10.0 Å². The van der Waals surface area contributed by atoms with Crippen LogP contribution in [0.1, 0.15) is 31.9 Å². The molecule has 0 aliphatic heterocycles. The van der Waals surface area contributed by atoms with Gasteiger partial charge in [0.2, 0.25) is 11.8 Å². The smallest absolute Gasteiger partial charge is 0.264 e. The van der Waals surface area contributed by atoms with E-state index in [1.54, 1.807) is 67.6 Å². The molecule has 0 heterocycles. The van der Waals surface area contributed by atoms with Crippen LogP contribution in [0.5, 0.6) is 5.75 Å². The Morgan fingerprint density at radius 3 is 2.23 bits per heavy atom. The maximum absolute atomic E-state index is 14.0. The standard InChI is InChI=1S/C29H34ClN3O5S/c1-20(2)31-29(35)22(4)32(18-23-11-9-10-14-25(23)30)28(34)19-33(26-17-21(3)15-16-27(26)38-5)39(36,37)24-12-7-6-8-13-24/h6-17,20,22H,18-19H2,1-5H3,(H,31,35). The molecular weight excluding hydrogens is 538 g/mol. The van der Waals surface area contributed by atoms with Gasteiger partial charge in [-0.1, -0.05) is 54.1 Å². The van der Waals surface area contributed by atoms with Crippen molar-refractivity contribution < 1.29 is 22.7 Å². The molecule has 0 aromatic heterocycles. The molecule has 1 unspecified atom stereocenters. The molecule has 0 radical (unpaired) electrons. The summed E-state index contributed by atoms with van der Waals surface area (Å²) in [6, 6.07) is 18.9. The maximum atomic E-state index is 14.0. The van der Waals surface area contributed by atoms with E-state index in [0.29, 0.717) is 10.6 Å². The van der Waals surface area contributed by atoms with Gasteiger partial charge in [-0.25, -0.2) is 8.42 Å². The Hall–Kier alpha value is -3.56. The molecule has 8 nitrogen and oxygen atoms in total. The summed E-state index contributed by atoms with van der Waals surface area (Å²) in [6.45, 7) is 6.51. The first kappa shape index (κ1) is 30.0. The molecule has 1 atom stereocenters. The number of rotatable bonds is 11. The maximum Gasteiger partial charge on any atom is 0.264 e. The van der Waals surface area contributed by atoms with Crippen molar-refractivity contribution >= 4 is 39.1 Å². The molecule has 2 amide bonds. The Labute approximate surface area is 235 Å². The minimum Gasteiger partial charge on any atom is -0.495 e. The number of hydrogen-bond donors (Lipinski definition) is 1. The lowest BCUT2D eigenvalue weighted by atomic mass is 10.1. The van der Waals surface area contributed by atoms with Gasteiger partial charge in [0.05, 0.1) is 17.7 Å². The van der Waals surface area contributed by atoms with E-state index >= 15 is 0 Å². The van der Waals surface area contributed by atoms with Gasteiger partial charge in [-0.2, -0.15) is 0 Å². The molecular formula is C29H34ClN3O5S. The number of nitrogens with one attached hydrogen (secondary N) is 1. The van der Waals surface area contributed by atoms with Crippen molar-refractivity contribution in [2.24, 2.45) is 0 Å². The molecule has 208 valence electrons. The van der Waals surface area contributed by atoms with Crippen LogP contribution in [0.2, 0.25) is 5.02 Å². The highest BCUT2D eigenvalue weighted by Gasteiger charge is 2.34. The Morgan fingerprint density at radius 2 is 1.62 bits per heavy atom. The van der Waals surface area contributed by atoms with Gasteiger partial charge >= 0.3 is 0 Å². The summed E-state index contributed by atoms with van der Waals surface area (Å²) in [6.07, 6.45) is 0. The van der Waals surface area contributed by atoms with Crippen LogP contribution in [0.15, 0.2) is 77.7 Å². The number of carbonyl (C=O) groups excluding carboxylic acids is 2. The van der Waals surface area contributed by atoms with Crippen LogP contribution < -0.4 is 14.4 Å². The van der Waals surface area contributed by atoms with Crippen molar-refractivity contribution in [3.8, 4) is 5.75 Å². The molecule has 0 aliphatic carbocycles. The zero-order chi connectivity index (χ0) is 28.7. The third-order valence-electron chi connectivity index (χ3n) is 6.11. The summed E-state index contributed by atoms with van der Waals surface area (Å²) in [7, 11) is -2.76. The van der Waals surface area contributed by atoms with Crippen molar-refractivity contribution in [2.45, 2.75) is 51.2 Å². The predicted molar refractivity (Wildman–Crippen MR) is 153 cm³/mol. The highest BCUT2D eigenvalue weighted by Crippen LogP contribution is 2.33. The van der Waals surface area contributed by atoms with Gasteiger partial charge in [0, 0.05) is 17.6 Å². The molecule has 0 spiro atoms. The first-order valence-corrected chi connectivity index (χ1v) is 14.3. The van der Waals surface area contributed by atoms with Gasteiger partial charge in [-0.15, -0.1) is 0 Å². The minimum absolute atomic E-state index is 0.00929. The molecule has 0 aliphatic rings. The number of amides is 2. The molecule has 0 saturated carbocycles. The molecule has 3 aromatic carbocycles. The number of aryl methyl sites for hydroxylation is 1. The van der Waals surface area contributed by atoms with E-state index < -0.39 is 28.5 Å². The molecule has 10 heteroatoms. The number of halogens is 1. The third-order valence-corrected chi connectivity index (χ3v) is 8.25. The lowest BCUT2D eigenvalue weighted by Gasteiger charge is -2.33. The molecule has 39 heavy (non-hydrogen) atoms. The average molecular weight is 572 g/mol. The van der Waals surface area contributed by atoms with E-state index in [0.717, 1.165) is 9.87 Å². The van der Waals surface area contributed by atoms with Crippen molar-refractivity contribution in [1.82, 2.24) is 10.2 Å². The van der Waals surface area contributed by atoms with Crippen LogP contribution in [-0.4, -0.2) is 50.9 Å². The van der Waals surface area contributed by atoms with Crippen LogP contribution in [0, 0.1) is 6.92 Å². The zero-order valence-electron chi connectivity index (χ0n) is 22.7. The number of ether oxygens (including phenoxy) is 1. The fraction of sp³-hybridized carbons (Fsp3) is 0.310. The fourth-order valence-electron chi connectivity index (χ4n) is 4.03. The van der Waals surface area contributed by atoms with Gasteiger partial charge in [0.1, 0.15) is 18.3 Å². The van der Waals surface area contributed by atoms with Gasteiger partial charge < -0.3 is 15.0 Å². The van der Waals surface area contributed by atoms with E-state index in [2.05, 4.69) is 5.32 Å². The topological polar surface area (TPSA) is 96.0 Å². The van der Waals surface area contributed by atoms with Crippen LogP contribution in [-0.2, 0) is 26.2 Å². The quantitative estimate of drug-likeness (QED) is 0.357. The summed E-state index contributed by atoms with van der Waals surface area (Å²) < 4.78 is 34.4. The first-order chi connectivity index (χ1) is 18.4. The highest BCUT2D eigenvalue weighted by atomic mass is 35.5. The van der Waals surface area contributed by atoms with E-state index in [1.165, 1.54) is 24.1 Å². The fourth-order valence-corrected chi connectivity index (χ4v) is 5.66. The second kappa shape index (κ2) is 13.0. The summed E-state index contributed by atoms with van der Waals surface area (Å²) in [5.74, 6) is -0.656. The minimum atomic E-state index is -4.20. The van der Waals surface area contributed by atoms with Crippen LogP contribution >= 0.6 is 11.6 Å². The van der Waals surface area contributed by atoms with Gasteiger partial charge in [-0.05, 0) is 69.2 Å². The second-order valence-electron chi connectivity index (χ2n) is 9.45. The normalized spacial score (nSPS) is 12.1. The third kappa shape index (κ3) is 7.30. The Bertz CT molecular complexity index is 1410. The van der Waals surface area contributed by atoms with E-state index in [-0.39, 0.29) is 34.8 Å². The Morgan fingerprint density at radius 1 is 0.974 bits per heavy atom. The van der Waals surface area contributed by atoms with Crippen LogP contribution in [0.4, 0.5) is 5.69 Å². The molecule has 0 saturated heterocycles. The number of hydrogen-bond acceptors (Lipinski definition) is 5. The number of carbonyl (C=O) groups is 2. The highest BCUT2D eigenvalue weighted by molar-refractivity contribution is 7.92. The van der Waals surface area contributed by atoms with E-state index in [1.807, 2.05) is 20.8 Å². The van der Waals surface area contributed by atoms with E-state index in [9.17, 15) is 18.0 Å². The summed E-state index contributed by atoms with van der Waals surface area (Å²) in [5.41, 5.74) is 1.62. The first-order valence-electron chi connectivity index (χ1n) is 12.5. The molecule has 3 rings (SSSR count). The zero-order valence-corrected chi connectivity index (χ0v) is 24.3. The number of benzene rings is 3. The van der Waals surface area contributed by atoms with Crippen molar-refractivity contribution in [2.75, 3.05) is 18.0 Å². The summed E-state index contributed by atoms with van der Waals surface area (Å²) in [4.78, 5) is 28.4. The Kier molecular flexibility index (Phi) is 9.99. The lowest BCUT2D eigenvalue weighted by molar-refractivity contribution is -0.139. The molecule has 3 aromatic rings. The summed E-state index contributed by atoms with van der Waals surface area (Å²) >= 11 is 6.39. The molecule has 0 bridgehead atoms. The Balaban J connectivity index is 2.10. The van der Waals surface area contributed by atoms with Crippen molar-refractivity contribution in [1.29, 1.82) is 0 Å². The monoisotopic (exact) mass is 571 g/mol. The van der Waals surface area contributed by atoms with Crippen LogP contribution in [0.3, 0.4) is 0 Å². The largest absolute Gasteiger partial charge is 0.495 e. The van der Waals surface area contributed by atoms with Gasteiger partial charge in [0.15, 0.2) is 0 Å². The summed E-state index contributed by atoms with van der Waals surface area (Å²) in [5, 5.41) is 3.26. The number of methoxy groups -OCH3 is 1. The van der Waals surface area contributed by atoms with E-state index in [4.69, 9.17) is 16.3 Å². The number of nitrogens with zero attached hydrogens (tertiary/aromatic N) is 2. The van der Waals surface area contributed by atoms with Crippen molar-refractivity contribution in [3.05, 3.63) is 88.9 Å². The van der Waals surface area contributed by atoms with Gasteiger partial charge in [-0.3, -0.25) is 13.9 Å². The van der Waals surface area contributed by atoms with Crippen LogP contribution in [0.25, 0.3) is 0 Å². The molecule has 0 fully saturated rings. The van der Waals surface area contributed by atoms with Crippen molar-refractivity contribution in [3.63, 3.8) is 0 Å². The predicted octanol–water partition coefficient (Wildman–Crippen LogP) is 4.79. The number of anilines is 1.